The van der Waals surface area contributed by atoms with Gasteiger partial charge in [-0.25, -0.2) is 0 Å². The van der Waals surface area contributed by atoms with Crippen LogP contribution < -0.4 is 0 Å². The third-order valence-electron chi connectivity index (χ3n) is 4.01. The molecule has 1 atom stereocenters. The van der Waals surface area contributed by atoms with E-state index in [4.69, 9.17) is 4.74 Å². The Hall–Kier alpha value is -0.230. The van der Waals surface area contributed by atoms with Crippen molar-refractivity contribution in [1.29, 1.82) is 0 Å². The fourth-order valence-electron chi connectivity index (χ4n) is 2.44. The summed E-state index contributed by atoms with van der Waals surface area (Å²) >= 11 is 5.14. The predicted octanol–water partition coefficient (Wildman–Crippen LogP) is 3.12. The molecule has 1 fully saturated rings. The van der Waals surface area contributed by atoms with Crippen molar-refractivity contribution in [3.05, 3.63) is 20.8 Å². The predicted molar refractivity (Wildman–Crippen MR) is 81.8 cm³/mol. The van der Waals surface area contributed by atoms with Gasteiger partial charge < -0.3 is 4.74 Å². The Morgan fingerprint density at radius 3 is 2.74 bits per heavy atom. The van der Waals surface area contributed by atoms with E-state index >= 15 is 0 Å². The Labute approximate surface area is 127 Å². The number of ether oxygens (including phenoxy) is 1. The summed E-state index contributed by atoms with van der Waals surface area (Å²) < 4.78 is 6.43. The zero-order valence-corrected chi connectivity index (χ0v) is 13.8. The summed E-state index contributed by atoms with van der Waals surface area (Å²) in [5.41, 5.74) is -0.368. The third kappa shape index (κ3) is 3.27. The minimum Gasteiger partial charge on any atom is -0.379 e. The first-order valence-corrected chi connectivity index (χ1v) is 8.33. The lowest BCUT2D eigenvalue weighted by atomic mass is 9.88. The minimum atomic E-state index is -0.368. The van der Waals surface area contributed by atoms with Crippen LogP contribution in [0, 0.1) is 0 Å². The monoisotopic (exact) mass is 345 g/mol. The maximum absolute atomic E-state index is 12.7. The van der Waals surface area contributed by atoms with Gasteiger partial charge in [0, 0.05) is 28.9 Å². The molecule has 19 heavy (non-hydrogen) atoms. The molecule has 5 heteroatoms. The molecule has 0 bridgehead atoms. The number of rotatable bonds is 5. The largest absolute Gasteiger partial charge is 0.379 e. The van der Waals surface area contributed by atoms with Gasteiger partial charge in [-0.3, -0.25) is 9.69 Å². The molecule has 0 aromatic carbocycles. The summed E-state index contributed by atoms with van der Waals surface area (Å²) in [5.74, 6) is 0.306. The van der Waals surface area contributed by atoms with Crippen molar-refractivity contribution >= 4 is 33.0 Å². The Morgan fingerprint density at radius 2 is 2.21 bits per heavy atom. The van der Waals surface area contributed by atoms with E-state index in [0.29, 0.717) is 12.2 Å². The van der Waals surface area contributed by atoms with E-state index in [1.165, 1.54) is 0 Å². The van der Waals surface area contributed by atoms with E-state index < -0.39 is 0 Å². The summed E-state index contributed by atoms with van der Waals surface area (Å²) in [6.07, 6.45) is 1.36. The Morgan fingerprint density at radius 1 is 1.53 bits per heavy atom. The zero-order chi connectivity index (χ0) is 13.9. The van der Waals surface area contributed by atoms with Crippen LogP contribution in [0.25, 0.3) is 0 Å². The Kier molecular flexibility index (Phi) is 5.17. The first kappa shape index (κ1) is 15.2. The van der Waals surface area contributed by atoms with E-state index in [1.807, 2.05) is 11.4 Å². The van der Waals surface area contributed by atoms with E-state index in [1.54, 1.807) is 11.3 Å². The molecular formula is C14H20BrNO2S. The highest BCUT2D eigenvalue weighted by Crippen LogP contribution is 2.28. The molecule has 0 radical (unpaired) electrons. The van der Waals surface area contributed by atoms with E-state index in [2.05, 4.69) is 34.7 Å². The van der Waals surface area contributed by atoms with Gasteiger partial charge in [-0.1, -0.05) is 6.92 Å². The number of nitrogens with zero attached hydrogens (tertiary/aromatic N) is 1. The summed E-state index contributed by atoms with van der Waals surface area (Å²) in [6.45, 7) is 7.32. The van der Waals surface area contributed by atoms with Crippen molar-refractivity contribution < 1.29 is 9.53 Å². The van der Waals surface area contributed by atoms with Gasteiger partial charge in [0.25, 0.3) is 0 Å². The molecule has 0 N–H and O–H groups in total. The van der Waals surface area contributed by atoms with Crippen LogP contribution in [0.1, 0.15) is 25.1 Å². The lowest BCUT2D eigenvalue weighted by Crippen LogP contribution is -2.56. The van der Waals surface area contributed by atoms with Gasteiger partial charge in [-0.2, -0.15) is 0 Å². The number of ketones is 1. The molecule has 1 unspecified atom stereocenters. The second-order valence-electron chi connectivity index (χ2n) is 5.02. The number of halogens is 1. The molecule has 2 rings (SSSR count). The number of carbonyl (C=O) groups is 1. The fraction of sp³-hybridized carbons (Fsp3) is 0.643. The normalized spacial score (nSPS) is 20.2. The third-order valence-corrected chi connectivity index (χ3v) is 5.94. The number of hydrogen-bond donors (Lipinski definition) is 0. The zero-order valence-electron chi connectivity index (χ0n) is 11.4. The van der Waals surface area contributed by atoms with Crippen LogP contribution in [0.2, 0.25) is 0 Å². The highest BCUT2D eigenvalue weighted by Gasteiger charge is 2.38. The summed E-state index contributed by atoms with van der Waals surface area (Å²) in [6, 6.07) is 2.01. The number of Topliss-reactive ketones (excluding diaryl/α,β-unsaturated/α-hetero) is 1. The van der Waals surface area contributed by atoms with Crippen molar-refractivity contribution in [3.63, 3.8) is 0 Å². The Bertz CT molecular complexity index is 442. The van der Waals surface area contributed by atoms with Crippen LogP contribution in [0.4, 0.5) is 0 Å². The molecule has 0 aliphatic carbocycles. The molecule has 1 saturated heterocycles. The lowest BCUT2D eigenvalue weighted by Gasteiger charge is -2.41. The minimum absolute atomic E-state index is 0.306. The second kappa shape index (κ2) is 6.48. The van der Waals surface area contributed by atoms with Crippen molar-refractivity contribution in [2.24, 2.45) is 0 Å². The van der Waals surface area contributed by atoms with E-state index in [-0.39, 0.29) is 5.54 Å². The molecule has 1 aliphatic rings. The van der Waals surface area contributed by atoms with Crippen LogP contribution in [-0.4, -0.2) is 42.5 Å². The quantitative estimate of drug-likeness (QED) is 0.820. The van der Waals surface area contributed by atoms with Gasteiger partial charge in [0.05, 0.1) is 18.8 Å². The van der Waals surface area contributed by atoms with Gasteiger partial charge in [0.1, 0.15) is 0 Å². The average Bonchev–Trinajstić information content (AvgIpc) is 2.84. The maximum atomic E-state index is 12.7. The average molecular weight is 346 g/mol. The topological polar surface area (TPSA) is 29.5 Å². The molecule has 0 saturated carbocycles. The Balaban J connectivity index is 2.11. The molecule has 3 nitrogen and oxygen atoms in total. The molecule has 0 amide bonds. The summed E-state index contributed by atoms with van der Waals surface area (Å²) in [7, 11) is 0. The molecule has 1 aliphatic heterocycles. The molecule has 1 aromatic heterocycles. The number of carbonyl (C=O) groups excluding carboxylic acids is 1. The molecule has 2 heterocycles. The van der Waals surface area contributed by atoms with Gasteiger partial charge in [-0.15, -0.1) is 11.3 Å². The highest BCUT2D eigenvalue weighted by molar-refractivity contribution is 9.10. The van der Waals surface area contributed by atoms with Gasteiger partial charge in [0.2, 0.25) is 0 Å². The van der Waals surface area contributed by atoms with Crippen molar-refractivity contribution in [2.75, 3.05) is 26.3 Å². The highest BCUT2D eigenvalue weighted by atomic mass is 79.9. The first-order chi connectivity index (χ1) is 9.08. The van der Waals surface area contributed by atoms with Crippen molar-refractivity contribution in [2.45, 2.75) is 32.2 Å². The van der Waals surface area contributed by atoms with Gasteiger partial charge >= 0.3 is 0 Å². The fourth-order valence-corrected chi connectivity index (χ4v) is 3.93. The van der Waals surface area contributed by atoms with Crippen molar-refractivity contribution in [1.82, 2.24) is 4.90 Å². The van der Waals surface area contributed by atoms with Crippen molar-refractivity contribution in [3.8, 4) is 0 Å². The lowest BCUT2D eigenvalue weighted by molar-refractivity contribution is -0.133. The van der Waals surface area contributed by atoms with Crippen LogP contribution in [0.5, 0.6) is 0 Å². The standard InChI is InChI=1S/C14H20BrNO2S/c1-3-14(2,16-5-7-18-8-6-16)13(17)10-12-11(15)4-9-19-12/h4,9H,3,5-8,10H2,1-2H3. The molecule has 106 valence electrons. The summed E-state index contributed by atoms with van der Waals surface area (Å²) in [4.78, 5) is 16.1. The van der Waals surface area contributed by atoms with Gasteiger partial charge in [0.15, 0.2) is 5.78 Å². The van der Waals surface area contributed by atoms with Crippen LogP contribution >= 0.6 is 27.3 Å². The number of thiophene rings is 1. The number of morpholine rings is 1. The summed E-state index contributed by atoms with van der Waals surface area (Å²) in [5, 5.41) is 2.02. The maximum Gasteiger partial charge on any atom is 0.158 e. The number of hydrogen-bond acceptors (Lipinski definition) is 4. The van der Waals surface area contributed by atoms with Crippen LogP contribution in [-0.2, 0) is 16.0 Å². The molecule has 0 spiro atoms. The second-order valence-corrected chi connectivity index (χ2v) is 6.87. The first-order valence-electron chi connectivity index (χ1n) is 6.66. The van der Waals surface area contributed by atoms with E-state index in [9.17, 15) is 4.79 Å². The molecular weight excluding hydrogens is 326 g/mol. The van der Waals surface area contributed by atoms with Gasteiger partial charge in [-0.05, 0) is 40.7 Å². The van der Waals surface area contributed by atoms with E-state index in [0.717, 1.165) is 42.1 Å². The smallest absolute Gasteiger partial charge is 0.158 e. The van der Waals surface area contributed by atoms with Crippen LogP contribution in [0.3, 0.4) is 0 Å². The van der Waals surface area contributed by atoms with Crippen LogP contribution in [0.15, 0.2) is 15.9 Å². The SMILES string of the molecule is CCC(C)(C(=O)Cc1sccc1Br)N1CCOCC1. The molecule has 1 aromatic rings.